The van der Waals surface area contributed by atoms with Gasteiger partial charge in [0.2, 0.25) is 0 Å². The lowest BCUT2D eigenvalue weighted by Gasteiger charge is -2.13. The van der Waals surface area contributed by atoms with Crippen LogP contribution in [0, 0.1) is 6.92 Å². The molecule has 0 bridgehead atoms. The molecule has 1 aromatic carbocycles. The van der Waals surface area contributed by atoms with Crippen molar-refractivity contribution in [3.63, 3.8) is 0 Å². The van der Waals surface area contributed by atoms with Crippen molar-refractivity contribution in [1.82, 2.24) is 4.98 Å². The summed E-state index contributed by atoms with van der Waals surface area (Å²) >= 11 is 0. The number of nitrogen functional groups attached to an aromatic ring is 1. The molecule has 0 atom stereocenters. The molecule has 0 amide bonds. The average molecular weight is 226 g/mol. The molecule has 0 fully saturated rings. The zero-order chi connectivity index (χ0) is 12.4. The van der Waals surface area contributed by atoms with Crippen molar-refractivity contribution < 1.29 is 0 Å². The van der Waals surface area contributed by atoms with Crippen LogP contribution in [0.1, 0.15) is 30.9 Å². The summed E-state index contributed by atoms with van der Waals surface area (Å²) < 4.78 is 0. The molecule has 17 heavy (non-hydrogen) atoms. The van der Waals surface area contributed by atoms with Gasteiger partial charge in [-0.25, -0.2) is 4.98 Å². The van der Waals surface area contributed by atoms with Gasteiger partial charge in [-0.1, -0.05) is 37.6 Å². The molecule has 88 valence electrons. The first kappa shape index (κ1) is 11.6. The van der Waals surface area contributed by atoms with Crippen molar-refractivity contribution in [3.05, 3.63) is 47.7 Å². The molecule has 0 saturated carbocycles. The van der Waals surface area contributed by atoms with Crippen LogP contribution in [-0.4, -0.2) is 4.98 Å². The Balaban J connectivity index is 2.56. The third-order valence-corrected chi connectivity index (χ3v) is 2.93. The summed E-state index contributed by atoms with van der Waals surface area (Å²) in [5, 5.41) is 0. The van der Waals surface area contributed by atoms with Crippen molar-refractivity contribution in [2.75, 3.05) is 5.73 Å². The molecular formula is C15H18N2. The van der Waals surface area contributed by atoms with Gasteiger partial charge in [0.1, 0.15) is 5.82 Å². The normalized spacial score (nSPS) is 10.8. The number of aryl methyl sites for hydroxylation is 1. The van der Waals surface area contributed by atoms with Gasteiger partial charge in [-0.05, 0) is 36.1 Å². The van der Waals surface area contributed by atoms with Gasteiger partial charge in [-0.15, -0.1) is 0 Å². The summed E-state index contributed by atoms with van der Waals surface area (Å²) in [6, 6.07) is 10.4. The molecular weight excluding hydrogens is 208 g/mol. The Bertz CT molecular complexity index is 513. The maximum absolute atomic E-state index is 5.62. The van der Waals surface area contributed by atoms with Gasteiger partial charge < -0.3 is 5.73 Å². The van der Waals surface area contributed by atoms with Gasteiger partial charge >= 0.3 is 0 Å². The van der Waals surface area contributed by atoms with Crippen molar-refractivity contribution in [1.29, 1.82) is 0 Å². The predicted octanol–water partition coefficient (Wildman–Crippen LogP) is 3.76. The van der Waals surface area contributed by atoms with Gasteiger partial charge in [0.25, 0.3) is 0 Å². The highest BCUT2D eigenvalue weighted by Crippen LogP contribution is 2.29. The van der Waals surface area contributed by atoms with Gasteiger partial charge in [-0.3, -0.25) is 0 Å². The second-order valence-corrected chi connectivity index (χ2v) is 4.72. The fourth-order valence-corrected chi connectivity index (χ4v) is 1.99. The first-order valence-corrected chi connectivity index (χ1v) is 5.90. The number of rotatable bonds is 2. The zero-order valence-electron chi connectivity index (χ0n) is 10.6. The van der Waals surface area contributed by atoms with Gasteiger partial charge in [-0.2, -0.15) is 0 Å². The molecule has 0 aliphatic heterocycles. The zero-order valence-corrected chi connectivity index (χ0v) is 10.6. The highest BCUT2D eigenvalue weighted by Gasteiger charge is 2.08. The van der Waals surface area contributed by atoms with Gasteiger partial charge in [0.05, 0.1) is 0 Å². The SMILES string of the molecule is Cc1ccc(C(C)C)c(-c2ccc(N)nc2)c1. The van der Waals surface area contributed by atoms with Crippen LogP contribution in [0.2, 0.25) is 0 Å². The van der Waals surface area contributed by atoms with E-state index >= 15 is 0 Å². The summed E-state index contributed by atoms with van der Waals surface area (Å²) in [7, 11) is 0. The number of nitrogens with zero attached hydrogens (tertiary/aromatic N) is 1. The molecule has 2 N–H and O–H groups in total. The van der Waals surface area contributed by atoms with E-state index in [0.717, 1.165) is 5.56 Å². The van der Waals surface area contributed by atoms with Crippen LogP contribution < -0.4 is 5.73 Å². The monoisotopic (exact) mass is 226 g/mol. The molecule has 0 aliphatic carbocycles. The van der Waals surface area contributed by atoms with Crippen molar-refractivity contribution in [2.45, 2.75) is 26.7 Å². The number of aromatic nitrogens is 1. The summed E-state index contributed by atoms with van der Waals surface area (Å²) in [6.07, 6.45) is 1.84. The molecule has 2 heteroatoms. The molecule has 0 unspecified atom stereocenters. The first-order valence-electron chi connectivity index (χ1n) is 5.90. The molecule has 0 radical (unpaired) electrons. The maximum Gasteiger partial charge on any atom is 0.123 e. The van der Waals surface area contributed by atoms with Gasteiger partial charge in [0.15, 0.2) is 0 Å². The summed E-state index contributed by atoms with van der Waals surface area (Å²) in [6.45, 7) is 6.52. The summed E-state index contributed by atoms with van der Waals surface area (Å²) in [5.41, 5.74) is 10.6. The Morgan fingerprint density at radius 2 is 1.88 bits per heavy atom. The lowest BCUT2D eigenvalue weighted by Crippen LogP contribution is -1.95. The largest absolute Gasteiger partial charge is 0.384 e. The fraction of sp³-hybridized carbons (Fsp3) is 0.267. The smallest absolute Gasteiger partial charge is 0.123 e. The number of nitrogens with two attached hydrogens (primary N) is 1. The Labute approximate surface area is 103 Å². The van der Waals surface area contributed by atoms with E-state index in [0.29, 0.717) is 11.7 Å². The maximum atomic E-state index is 5.62. The van der Waals surface area contributed by atoms with E-state index in [1.54, 1.807) is 0 Å². The Hall–Kier alpha value is -1.83. The number of benzene rings is 1. The van der Waals surface area contributed by atoms with Crippen LogP contribution in [0.15, 0.2) is 36.5 Å². The lowest BCUT2D eigenvalue weighted by molar-refractivity contribution is 0.868. The minimum absolute atomic E-state index is 0.503. The van der Waals surface area contributed by atoms with Crippen molar-refractivity contribution in [3.8, 4) is 11.1 Å². The van der Waals surface area contributed by atoms with E-state index in [1.165, 1.54) is 16.7 Å². The summed E-state index contributed by atoms with van der Waals surface area (Å²) in [4.78, 5) is 4.16. The second-order valence-electron chi connectivity index (χ2n) is 4.72. The van der Waals surface area contributed by atoms with E-state index in [1.807, 2.05) is 18.3 Å². The molecule has 2 nitrogen and oxygen atoms in total. The fourth-order valence-electron chi connectivity index (χ4n) is 1.99. The van der Waals surface area contributed by atoms with E-state index in [2.05, 4.69) is 44.0 Å². The minimum atomic E-state index is 0.503. The van der Waals surface area contributed by atoms with Crippen LogP contribution in [0.3, 0.4) is 0 Å². The van der Waals surface area contributed by atoms with Crippen LogP contribution >= 0.6 is 0 Å². The van der Waals surface area contributed by atoms with E-state index in [-0.39, 0.29) is 0 Å². The number of anilines is 1. The van der Waals surface area contributed by atoms with Crippen LogP contribution in [0.25, 0.3) is 11.1 Å². The molecule has 0 saturated heterocycles. The number of hydrogen-bond donors (Lipinski definition) is 1. The lowest BCUT2D eigenvalue weighted by atomic mass is 9.92. The number of hydrogen-bond acceptors (Lipinski definition) is 2. The standard InChI is InChI=1S/C15H18N2/c1-10(2)13-6-4-11(3)8-14(13)12-5-7-15(16)17-9-12/h4-10H,1-3H3,(H2,16,17). The third kappa shape index (κ3) is 2.47. The molecule has 0 spiro atoms. The highest BCUT2D eigenvalue weighted by molar-refractivity contribution is 5.68. The van der Waals surface area contributed by atoms with E-state index in [9.17, 15) is 0 Å². The number of pyridine rings is 1. The molecule has 2 aromatic rings. The summed E-state index contributed by atoms with van der Waals surface area (Å²) in [5.74, 6) is 1.07. The second kappa shape index (κ2) is 4.58. The molecule has 1 heterocycles. The highest BCUT2D eigenvalue weighted by atomic mass is 14.8. The van der Waals surface area contributed by atoms with Crippen molar-refractivity contribution >= 4 is 5.82 Å². The minimum Gasteiger partial charge on any atom is -0.384 e. The van der Waals surface area contributed by atoms with Crippen LogP contribution in [0.5, 0.6) is 0 Å². The molecule has 2 rings (SSSR count). The average Bonchev–Trinajstić information content (AvgIpc) is 2.29. The first-order chi connectivity index (χ1) is 8.08. The van der Waals surface area contributed by atoms with Crippen LogP contribution in [0.4, 0.5) is 5.82 Å². The van der Waals surface area contributed by atoms with Gasteiger partial charge in [0, 0.05) is 11.8 Å². The van der Waals surface area contributed by atoms with E-state index < -0.39 is 0 Å². The topological polar surface area (TPSA) is 38.9 Å². The van der Waals surface area contributed by atoms with Crippen molar-refractivity contribution in [2.24, 2.45) is 0 Å². The Kier molecular flexibility index (Phi) is 3.14. The Morgan fingerprint density at radius 1 is 1.12 bits per heavy atom. The molecule has 1 aromatic heterocycles. The Morgan fingerprint density at radius 3 is 2.47 bits per heavy atom. The predicted molar refractivity (Wildman–Crippen MR) is 72.9 cm³/mol. The quantitative estimate of drug-likeness (QED) is 0.846. The third-order valence-electron chi connectivity index (χ3n) is 2.93. The van der Waals surface area contributed by atoms with Crippen LogP contribution in [-0.2, 0) is 0 Å². The molecule has 0 aliphatic rings. The van der Waals surface area contributed by atoms with E-state index in [4.69, 9.17) is 5.73 Å².